The summed E-state index contributed by atoms with van der Waals surface area (Å²) in [7, 11) is -4.81. The molecule has 3 aliphatic heterocycles. The molecule has 0 spiro atoms. The summed E-state index contributed by atoms with van der Waals surface area (Å²) in [5, 5.41) is 3.78. The highest BCUT2D eigenvalue weighted by Gasteiger charge is 2.49. The molecule has 3 N–H and O–H groups in total. The van der Waals surface area contributed by atoms with Crippen molar-refractivity contribution in [2.75, 3.05) is 32.8 Å². The van der Waals surface area contributed by atoms with Gasteiger partial charge in [-0.2, -0.15) is 13.5 Å². The fourth-order valence-corrected chi connectivity index (χ4v) is 3.64. The molecule has 3 atom stereocenters. The molecule has 3 rings (SSSR count). The quantitative estimate of drug-likeness (QED) is 0.358. The number of nitrogens with zero attached hydrogens (tertiary/aromatic N) is 2. The van der Waals surface area contributed by atoms with Crippen molar-refractivity contribution in [2.45, 2.75) is 37.5 Å². The number of nitrogens with one attached hydrogen (secondary N) is 2. The predicted octanol–water partition coefficient (Wildman–Crippen LogP) is -1.58. The molecule has 0 saturated carbocycles. The first-order chi connectivity index (χ1) is 12.3. The van der Waals surface area contributed by atoms with Crippen LogP contribution in [0.25, 0.3) is 0 Å². The molecule has 2 unspecified atom stereocenters. The van der Waals surface area contributed by atoms with Gasteiger partial charge in [-0.3, -0.25) is 14.2 Å². The van der Waals surface area contributed by atoms with Gasteiger partial charge in [-0.05, 0) is 25.8 Å². The lowest BCUT2D eigenvalue weighted by atomic mass is 10.0. The Hall–Kier alpha value is -1.51. The lowest BCUT2D eigenvalue weighted by Crippen LogP contribution is -2.50. The lowest BCUT2D eigenvalue weighted by molar-refractivity contribution is -0.142. The highest BCUT2D eigenvalue weighted by molar-refractivity contribution is 7.80. The number of hydrogen-bond donors (Lipinski definition) is 3. The Morgan fingerprint density at radius 3 is 3.00 bits per heavy atom. The number of carbonyl (C=O) groups excluding carboxylic acids is 2. The standard InChI is InChI=1S/C13H22N4O8S/c18-12(15-24-8-10-6-14-4-1-5-23-10)11-3-2-9-7-16(11)13(19)17(9)25-26(20,21)22/h9-11,14H,1-8H2,(H,15,18)(H,20,21,22)/t9?,10?,11-/m0/s1. The zero-order chi connectivity index (χ0) is 18.7. The number of ether oxygens (including phenoxy) is 1. The molecule has 3 fully saturated rings. The van der Waals surface area contributed by atoms with E-state index in [0.29, 0.717) is 31.1 Å². The van der Waals surface area contributed by atoms with Crippen molar-refractivity contribution in [3.8, 4) is 0 Å². The van der Waals surface area contributed by atoms with Crippen molar-refractivity contribution < 1.29 is 36.4 Å². The van der Waals surface area contributed by atoms with Gasteiger partial charge < -0.3 is 15.0 Å². The monoisotopic (exact) mass is 394 g/mol. The van der Waals surface area contributed by atoms with Crippen LogP contribution in [0, 0.1) is 0 Å². The Labute approximate surface area is 150 Å². The molecule has 26 heavy (non-hydrogen) atoms. The Balaban J connectivity index is 1.50. The van der Waals surface area contributed by atoms with E-state index in [4.69, 9.17) is 14.1 Å². The number of amides is 3. The van der Waals surface area contributed by atoms with Gasteiger partial charge in [-0.15, -0.1) is 4.28 Å². The van der Waals surface area contributed by atoms with Gasteiger partial charge in [0.05, 0.1) is 12.1 Å². The number of rotatable bonds is 6. The molecule has 0 aliphatic carbocycles. The van der Waals surface area contributed by atoms with E-state index in [1.54, 1.807) is 0 Å². The number of piperidine rings is 1. The Bertz CT molecular complexity index is 636. The maximum absolute atomic E-state index is 12.3. The Morgan fingerprint density at radius 1 is 1.42 bits per heavy atom. The van der Waals surface area contributed by atoms with E-state index in [0.717, 1.165) is 13.0 Å². The largest absolute Gasteiger partial charge is 0.418 e. The number of carbonyl (C=O) groups is 2. The highest BCUT2D eigenvalue weighted by Crippen LogP contribution is 2.30. The van der Waals surface area contributed by atoms with Crippen LogP contribution in [0.15, 0.2) is 0 Å². The molecule has 3 amide bonds. The Kier molecular flexibility index (Phi) is 5.94. The van der Waals surface area contributed by atoms with E-state index >= 15 is 0 Å². The van der Waals surface area contributed by atoms with E-state index in [1.165, 1.54) is 4.90 Å². The maximum atomic E-state index is 12.3. The van der Waals surface area contributed by atoms with E-state index in [2.05, 4.69) is 15.1 Å². The van der Waals surface area contributed by atoms with Crippen LogP contribution < -0.4 is 10.8 Å². The molecule has 0 aromatic rings. The number of hydroxylamine groups is 3. The number of fused-ring (bicyclic) bond motifs is 2. The van der Waals surface area contributed by atoms with Gasteiger partial charge in [0.2, 0.25) is 0 Å². The molecule has 3 aliphatic rings. The van der Waals surface area contributed by atoms with E-state index in [-0.39, 0.29) is 19.3 Å². The molecule has 0 aromatic carbocycles. The zero-order valence-electron chi connectivity index (χ0n) is 14.0. The van der Waals surface area contributed by atoms with Crippen LogP contribution in [-0.2, 0) is 29.1 Å². The molecule has 2 bridgehead atoms. The SMILES string of the molecule is O=C(NOCC1CNCCCO1)[C@@H]1CCC2CN1C(=O)N2OS(=O)(=O)O. The molecule has 3 saturated heterocycles. The summed E-state index contributed by atoms with van der Waals surface area (Å²) < 4.78 is 40.3. The summed E-state index contributed by atoms with van der Waals surface area (Å²) in [5.74, 6) is -0.507. The summed E-state index contributed by atoms with van der Waals surface area (Å²) in [6.07, 6.45) is 1.40. The van der Waals surface area contributed by atoms with Gasteiger partial charge in [0, 0.05) is 19.7 Å². The average Bonchev–Trinajstić information content (AvgIpc) is 2.78. The topological polar surface area (TPSA) is 147 Å². The molecule has 0 radical (unpaired) electrons. The van der Waals surface area contributed by atoms with Crippen molar-refractivity contribution in [1.82, 2.24) is 20.8 Å². The van der Waals surface area contributed by atoms with E-state index in [1.807, 2.05) is 0 Å². The lowest BCUT2D eigenvalue weighted by Gasteiger charge is -2.29. The summed E-state index contributed by atoms with van der Waals surface area (Å²) in [4.78, 5) is 31.0. The van der Waals surface area contributed by atoms with Gasteiger partial charge in [0.15, 0.2) is 0 Å². The first-order valence-electron chi connectivity index (χ1n) is 8.36. The third kappa shape index (κ3) is 4.61. The molecule has 148 valence electrons. The maximum Gasteiger partial charge on any atom is 0.418 e. The molecular formula is C13H22N4O8S. The van der Waals surface area contributed by atoms with Crippen molar-refractivity contribution in [1.29, 1.82) is 0 Å². The highest BCUT2D eigenvalue weighted by atomic mass is 32.3. The second-order valence-electron chi connectivity index (χ2n) is 6.34. The Morgan fingerprint density at radius 2 is 2.23 bits per heavy atom. The van der Waals surface area contributed by atoms with Crippen molar-refractivity contribution in [3.63, 3.8) is 0 Å². The predicted molar refractivity (Wildman–Crippen MR) is 84.7 cm³/mol. The molecule has 3 heterocycles. The summed E-state index contributed by atoms with van der Waals surface area (Å²) in [5.41, 5.74) is 2.32. The van der Waals surface area contributed by atoms with Crippen molar-refractivity contribution >= 4 is 22.3 Å². The average molecular weight is 394 g/mol. The van der Waals surface area contributed by atoms with Crippen LogP contribution in [0.2, 0.25) is 0 Å². The minimum Gasteiger partial charge on any atom is -0.374 e. The summed E-state index contributed by atoms with van der Waals surface area (Å²) >= 11 is 0. The molecule has 13 heteroatoms. The first kappa shape index (κ1) is 19.3. The summed E-state index contributed by atoms with van der Waals surface area (Å²) in [6.45, 7) is 2.39. The third-order valence-corrected chi connectivity index (χ3v) is 4.81. The van der Waals surface area contributed by atoms with Crippen molar-refractivity contribution in [2.24, 2.45) is 0 Å². The number of urea groups is 1. The molecule has 0 aromatic heterocycles. The zero-order valence-corrected chi connectivity index (χ0v) is 14.8. The van der Waals surface area contributed by atoms with Crippen LogP contribution >= 0.6 is 0 Å². The van der Waals surface area contributed by atoms with Crippen LogP contribution in [0.5, 0.6) is 0 Å². The van der Waals surface area contributed by atoms with Crippen molar-refractivity contribution in [3.05, 3.63) is 0 Å². The normalized spacial score (nSPS) is 29.6. The smallest absolute Gasteiger partial charge is 0.374 e. The van der Waals surface area contributed by atoms with E-state index in [9.17, 15) is 18.0 Å². The van der Waals surface area contributed by atoms with Gasteiger partial charge in [-0.25, -0.2) is 10.3 Å². The van der Waals surface area contributed by atoms with Crippen LogP contribution in [0.4, 0.5) is 4.79 Å². The fraction of sp³-hybridized carbons (Fsp3) is 0.846. The van der Waals surface area contributed by atoms with Gasteiger partial charge in [0.1, 0.15) is 12.6 Å². The van der Waals surface area contributed by atoms with Crippen LogP contribution in [-0.4, -0.2) is 85.9 Å². The summed E-state index contributed by atoms with van der Waals surface area (Å²) in [6, 6.07) is -2.14. The van der Waals surface area contributed by atoms with Crippen LogP contribution in [0.3, 0.4) is 0 Å². The molecular weight excluding hydrogens is 372 g/mol. The second-order valence-corrected chi connectivity index (χ2v) is 7.34. The van der Waals surface area contributed by atoms with Gasteiger partial charge >= 0.3 is 16.4 Å². The van der Waals surface area contributed by atoms with E-state index < -0.39 is 34.4 Å². The number of hydrogen-bond acceptors (Lipinski definition) is 8. The fourth-order valence-electron chi connectivity index (χ4n) is 3.25. The minimum atomic E-state index is -4.81. The first-order valence-corrected chi connectivity index (χ1v) is 9.72. The van der Waals surface area contributed by atoms with Gasteiger partial charge in [0.25, 0.3) is 5.91 Å². The minimum absolute atomic E-state index is 0.127. The molecule has 12 nitrogen and oxygen atoms in total. The second kappa shape index (κ2) is 8.02. The third-order valence-electron chi connectivity index (χ3n) is 4.47. The van der Waals surface area contributed by atoms with Crippen LogP contribution in [0.1, 0.15) is 19.3 Å². The van der Waals surface area contributed by atoms with Gasteiger partial charge in [-0.1, -0.05) is 0 Å².